The van der Waals surface area contributed by atoms with E-state index in [-0.39, 0.29) is 17.6 Å². The summed E-state index contributed by atoms with van der Waals surface area (Å²) in [6.07, 6.45) is 6.90. The van der Waals surface area contributed by atoms with Crippen molar-refractivity contribution in [1.29, 1.82) is 0 Å². The quantitative estimate of drug-likeness (QED) is 0.667. The number of carbonyl (C=O) groups excluding carboxylic acids is 2. The number of furan rings is 1. The SMILES string of the molecule is Cc1c(C(=O)Nc2ccccn2)oc2c1/C(=N/NC(=O)c1cccnc1)CCC2. The van der Waals surface area contributed by atoms with E-state index in [0.29, 0.717) is 41.3 Å². The van der Waals surface area contributed by atoms with Crippen molar-refractivity contribution in [2.45, 2.75) is 26.2 Å². The van der Waals surface area contributed by atoms with Gasteiger partial charge >= 0.3 is 0 Å². The number of hydrazone groups is 1. The number of fused-ring (bicyclic) bond motifs is 1. The number of nitrogens with one attached hydrogen (secondary N) is 2. The molecular weight excluding hydrogens is 370 g/mol. The Kier molecular flexibility index (Phi) is 5.15. The lowest BCUT2D eigenvalue weighted by Crippen LogP contribution is -2.22. The second-order valence-corrected chi connectivity index (χ2v) is 6.62. The van der Waals surface area contributed by atoms with Crippen LogP contribution in [-0.2, 0) is 6.42 Å². The Morgan fingerprint density at radius 1 is 1.10 bits per heavy atom. The van der Waals surface area contributed by atoms with Crippen molar-refractivity contribution in [3.05, 3.63) is 77.1 Å². The van der Waals surface area contributed by atoms with Gasteiger partial charge in [0.15, 0.2) is 5.76 Å². The number of rotatable bonds is 4. The molecule has 0 saturated heterocycles. The first kappa shape index (κ1) is 18.5. The van der Waals surface area contributed by atoms with Crippen LogP contribution < -0.4 is 10.7 Å². The van der Waals surface area contributed by atoms with Gasteiger partial charge in [0.1, 0.15) is 11.6 Å². The number of nitrogens with zero attached hydrogens (tertiary/aromatic N) is 3. The van der Waals surface area contributed by atoms with Gasteiger partial charge in [0.05, 0.1) is 11.3 Å². The molecule has 0 saturated carbocycles. The van der Waals surface area contributed by atoms with E-state index in [1.54, 1.807) is 42.7 Å². The summed E-state index contributed by atoms with van der Waals surface area (Å²) in [6, 6.07) is 8.62. The molecule has 0 unspecified atom stereocenters. The maximum atomic E-state index is 12.6. The van der Waals surface area contributed by atoms with Crippen LogP contribution in [-0.4, -0.2) is 27.5 Å². The van der Waals surface area contributed by atoms with Crippen molar-refractivity contribution in [3.8, 4) is 0 Å². The molecule has 0 bridgehead atoms. The summed E-state index contributed by atoms with van der Waals surface area (Å²) in [5, 5.41) is 7.04. The smallest absolute Gasteiger partial charge is 0.292 e. The molecule has 3 aromatic rings. The lowest BCUT2D eigenvalue weighted by atomic mass is 9.93. The summed E-state index contributed by atoms with van der Waals surface area (Å²) in [5.41, 5.74) is 5.17. The summed E-state index contributed by atoms with van der Waals surface area (Å²) in [6.45, 7) is 1.82. The van der Waals surface area contributed by atoms with Crippen molar-refractivity contribution in [1.82, 2.24) is 15.4 Å². The molecule has 8 heteroatoms. The van der Waals surface area contributed by atoms with Gasteiger partial charge in [-0.25, -0.2) is 10.4 Å². The highest BCUT2D eigenvalue weighted by molar-refractivity contribution is 6.09. The van der Waals surface area contributed by atoms with Crippen molar-refractivity contribution >= 4 is 23.3 Å². The zero-order chi connectivity index (χ0) is 20.2. The highest BCUT2D eigenvalue weighted by Gasteiger charge is 2.28. The lowest BCUT2D eigenvalue weighted by Gasteiger charge is -2.13. The van der Waals surface area contributed by atoms with Gasteiger partial charge in [0, 0.05) is 36.1 Å². The minimum absolute atomic E-state index is 0.230. The minimum Gasteiger partial charge on any atom is -0.455 e. The first-order chi connectivity index (χ1) is 14.1. The molecule has 29 heavy (non-hydrogen) atoms. The predicted octanol–water partition coefficient (Wildman–Crippen LogP) is 3.10. The molecule has 0 aromatic carbocycles. The van der Waals surface area contributed by atoms with Crippen molar-refractivity contribution in [3.63, 3.8) is 0 Å². The van der Waals surface area contributed by atoms with Gasteiger partial charge in [0.2, 0.25) is 0 Å². The summed E-state index contributed by atoms with van der Waals surface area (Å²) >= 11 is 0. The first-order valence-electron chi connectivity index (χ1n) is 9.25. The number of carbonyl (C=O) groups is 2. The standard InChI is InChI=1S/C21H19N5O3/c1-13-18-15(25-26-20(27)14-6-5-10-22-12-14)7-4-8-16(18)29-19(13)21(28)24-17-9-2-3-11-23-17/h2-3,5-6,9-12H,4,7-8H2,1H3,(H,26,27)(H,23,24,28)/b25-15+. The number of anilines is 1. The number of aryl methyl sites for hydroxylation is 1. The van der Waals surface area contributed by atoms with Gasteiger partial charge in [-0.15, -0.1) is 0 Å². The fraction of sp³-hybridized carbons (Fsp3) is 0.190. The zero-order valence-corrected chi connectivity index (χ0v) is 15.8. The van der Waals surface area contributed by atoms with E-state index in [2.05, 4.69) is 25.8 Å². The van der Waals surface area contributed by atoms with Gasteiger partial charge in [0.25, 0.3) is 11.8 Å². The number of aromatic nitrogens is 2. The second kappa shape index (κ2) is 8.05. The maximum Gasteiger partial charge on any atom is 0.292 e. The first-order valence-corrected chi connectivity index (χ1v) is 9.25. The van der Waals surface area contributed by atoms with Crippen LogP contribution in [0, 0.1) is 6.92 Å². The van der Waals surface area contributed by atoms with Crippen LogP contribution in [0.3, 0.4) is 0 Å². The van der Waals surface area contributed by atoms with E-state index in [1.165, 1.54) is 6.20 Å². The fourth-order valence-electron chi connectivity index (χ4n) is 3.29. The molecule has 2 N–H and O–H groups in total. The third-order valence-electron chi connectivity index (χ3n) is 4.65. The molecule has 1 aliphatic carbocycles. The Morgan fingerprint density at radius 2 is 2.00 bits per heavy atom. The molecule has 0 radical (unpaired) electrons. The Labute approximate surface area is 167 Å². The highest BCUT2D eigenvalue weighted by atomic mass is 16.4. The Bertz CT molecular complexity index is 1070. The molecule has 1 aliphatic rings. The van der Waals surface area contributed by atoms with E-state index in [0.717, 1.165) is 12.0 Å². The van der Waals surface area contributed by atoms with E-state index in [1.807, 2.05) is 6.92 Å². The van der Waals surface area contributed by atoms with Crippen molar-refractivity contribution < 1.29 is 14.0 Å². The van der Waals surface area contributed by atoms with Crippen LogP contribution in [0.2, 0.25) is 0 Å². The van der Waals surface area contributed by atoms with Gasteiger partial charge in [-0.05, 0) is 44.0 Å². The summed E-state index contributed by atoms with van der Waals surface area (Å²) < 4.78 is 5.85. The molecule has 3 heterocycles. The normalized spacial score (nSPS) is 14.3. The number of amides is 2. The molecule has 3 aromatic heterocycles. The van der Waals surface area contributed by atoms with E-state index < -0.39 is 0 Å². The molecule has 2 amide bonds. The molecule has 0 aliphatic heterocycles. The fourth-order valence-corrected chi connectivity index (χ4v) is 3.29. The molecule has 0 spiro atoms. The molecule has 4 rings (SSSR count). The van der Waals surface area contributed by atoms with Gasteiger partial charge in [-0.3, -0.25) is 14.6 Å². The molecule has 0 fully saturated rings. The predicted molar refractivity (Wildman–Crippen MR) is 107 cm³/mol. The highest BCUT2D eigenvalue weighted by Crippen LogP contribution is 2.30. The molecule has 146 valence electrons. The summed E-state index contributed by atoms with van der Waals surface area (Å²) in [4.78, 5) is 32.9. The van der Waals surface area contributed by atoms with Crippen LogP contribution in [0.15, 0.2) is 58.4 Å². The third kappa shape index (κ3) is 3.91. The number of pyridine rings is 2. The van der Waals surface area contributed by atoms with Crippen LogP contribution >= 0.6 is 0 Å². The monoisotopic (exact) mass is 389 g/mol. The summed E-state index contributed by atoms with van der Waals surface area (Å²) in [5.74, 6) is 0.674. The van der Waals surface area contributed by atoms with E-state index in [9.17, 15) is 9.59 Å². The number of hydrogen-bond donors (Lipinski definition) is 2. The van der Waals surface area contributed by atoms with Crippen LogP contribution in [0.25, 0.3) is 0 Å². The van der Waals surface area contributed by atoms with Crippen LogP contribution in [0.5, 0.6) is 0 Å². The third-order valence-corrected chi connectivity index (χ3v) is 4.65. The van der Waals surface area contributed by atoms with Gasteiger partial charge < -0.3 is 9.73 Å². The number of hydrogen-bond acceptors (Lipinski definition) is 6. The van der Waals surface area contributed by atoms with Crippen LogP contribution in [0.4, 0.5) is 5.82 Å². The largest absolute Gasteiger partial charge is 0.455 e. The van der Waals surface area contributed by atoms with E-state index in [4.69, 9.17) is 4.42 Å². The lowest BCUT2D eigenvalue weighted by molar-refractivity contribution is 0.0953. The van der Waals surface area contributed by atoms with E-state index >= 15 is 0 Å². The minimum atomic E-state index is -0.366. The topological polar surface area (TPSA) is 109 Å². The van der Waals surface area contributed by atoms with Gasteiger partial charge in [-0.2, -0.15) is 5.10 Å². The van der Waals surface area contributed by atoms with Crippen molar-refractivity contribution in [2.75, 3.05) is 5.32 Å². The Balaban J connectivity index is 1.57. The van der Waals surface area contributed by atoms with Crippen molar-refractivity contribution in [2.24, 2.45) is 5.10 Å². The zero-order valence-electron chi connectivity index (χ0n) is 15.8. The molecular formula is C21H19N5O3. The second-order valence-electron chi connectivity index (χ2n) is 6.62. The van der Waals surface area contributed by atoms with Crippen LogP contribution in [0.1, 0.15) is 50.6 Å². The Morgan fingerprint density at radius 3 is 2.76 bits per heavy atom. The average molecular weight is 389 g/mol. The summed E-state index contributed by atoms with van der Waals surface area (Å²) in [7, 11) is 0. The average Bonchev–Trinajstić information content (AvgIpc) is 3.10. The van der Waals surface area contributed by atoms with Gasteiger partial charge in [-0.1, -0.05) is 6.07 Å². The Hall–Kier alpha value is -3.81. The molecule has 8 nitrogen and oxygen atoms in total. The molecule has 0 atom stereocenters. The maximum absolute atomic E-state index is 12.6.